The van der Waals surface area contributed by atoms with Crippen molar-refractivity contribution in [3.8, 4) is 0 Å². The molecule has 1 aliphatic rings. The number of nitrogens with one attached hydrogen (secondary N) is 1. The van der Waals surface area contributed by atoms with Crippen molar-refractivity contribution in [1.29, 1.82) is 0 Å². The van der Waals surface area contributed by atoms with Crippen molar-refractivity contribution in [2.45, 2.75) is 282 Å². The third-order valence-corrected chi connectivity index (χ3v) is 13.8. The maximum Gasteiger partial charge on any atom is 0.306 e. The molecule has 0 aromatic carbocycles. The largest absolute Gasteiger partial charge is 0.454 e. The van der Waals surface area contributed by atoms with Gasteiger partial charge in [0.1, 0.15) is 24.4 Å². The summed E-state index contributed by atoms with van der Waals surface area (Å²) in [6.45, 7) is 5.60. The van der Waals surface area contributed by atoms with Gasteiger partial charge < -0.3 is 45.1 Å². The number of amides is 1. The summed E-state index contributed by atoms with van der Waals surface area (Å²) in [4.78, 5) is 26.5. The van der Waals surface area contributed by atoms with Gasteiger partial charge >= 0.3 is 5.97 Å². The monoisotopic (exact) mass is 1100 g/mol. The van der Waals surface area contributed by atoms with Gasteiger partial charge in [-0.15, -0.1) is 0 Å². The Hall–Kier alpha value is -3.94. The van der Waals surface area contributed by atoms with Crippen LogP contribution >= 0.6 is 0 Å². The smallest absolute Gasteiger partial charge is 0.306 e. The van der Waals surface area contributed by atoms with Gasteiger partial charge in [-0.25, -0.2) is 0 Å². The number of hydrogen-bond acceptors (Lipinski definition) is 10. The van der Waals surface area contributed by atoms with E-state index in [-0.39, 0.29) is 19.4 Å². The highest BCUT2D eigenvalue weighted by Gasteiger charge is 2.47. The van der Waals surface area contributed by atoms with E-state index in [0.717, 1.165) is 122 Å². The number of allylic oxidation sites excluding steroid dienone is 19. The van der Waals surface area contributed by atoms with E-state index >= 15 is 0 Å². The minimum absolute atomic E-state index is 0.0750. The van der Waals surface area contributed by atoms with Crippen LogP contribution in [0.2, 0.25) is 0 Å². The predicted molar refractivity (Wildman–Crippen MR) is 328 cm³/mol. The zero-order valence-corrected chi connectivity index (χ0v) is 49.7. The molecule has 6 N–H and O–H groups in total. The van der Waals surface area contributed by atoms with E-state index in [1.54, 1.807) is 6.08 Å². The van der Waals surface area contributed by atoms with Crippen molar-refractivity contribution in [2.75, 3.05) is 13.2 Å². The van der Waals surface area contributed by atoms with Gasteiger partial charge in [0.15, 0.2) is 12.4 Å². The molecule has 0 aromatic rings. The lowest BCUT2D eigenvalue weighted by molar-refractivity contribution is -0.305. The SMILES string of the molecule is CC/C=C\C/C=C\C/C=C\C/C=C\C/C=C\CCCCCC(=O)OC1C(OCC(NC(=O)C(O)CCCCCC/C=C\C/C=C\C/C=C\C/C=C\CCCCC)C(O)/C=C/CCCCCCCCCCC)OC(CO)C(O)C1O. The molecular weight excluding hydrogens is 991 g/mol. The van der Waals surface area contributed by atoms with Crippen LogP contribution in [0.15, 0.2) is 122 Å². The van der Waals surface area contributed by atoms with Crippen LogP contribution in [0.1, 0.15) is 233 Å². The molecule has 0 radical (unpaired) electrons. The fourth-order valence-electron chi connectivity index (χ4n) is 8.89. The fourth-order valence-corrected chi connectivity index (χ4v) is 8.89. The van der Waals surface area contributed by atoms with Crippen LogP contribution in [0, 0.1) is 0 Å². The van der Waals surface area contributed by atoms with Gasteiger partial charge in [0.05, 0.1) is 25.4 Å². The van der Waals surface area contributed by atoms with E-state index in [2.05, 4.69) is 135 Å². The first-order valence-corrected chi connectivity index (χ1v) is 31.3. The molecule has 1 amide bonds. The number of carbonyl (C=O) groups is 2. The summed E-state index contributed by atoms with van der Waals surface area (Å²) in [5, 5.41) is 57.0. The molecule has 1 saturated heterocycles. The summed E-state index contributed by atoms with van der Waals surface area (Å²) in [5.41, 5.74) is 0. The van der Waals surface area contributed by atoms with E-state index in [1.807, 2.05) is 6.08 Å². The highest BCUT2D eigenvalue weighted by molar-refractivity contribution is 5.80. The summed E-state index contributed by atoms with van der Waals surface area (Å²) in [5.74, 6) is -1.26. The molecule has 1 heterocycles. The van der Waals surface area contributed by atoms with Gasteiger partial charge in [-0.05, 0) is 116 Å². The second-order valence-corrected chi connectivity index (χ2v) is 21.0. The van der Waals surface area contributed by atoms with Crippen molar-refractivity contribution in [1.82, 2.24) is 5.32 Å². The highest BCUT2D eigenvalue weighted by Crippen LogP contribution is 2.26. The van der Waals surface area contributed by atoms with Gasteiger partial charge in [0.2, 0.25) is 5.91 Å². The first-order chi connectivity index (χ1) is 38.7. The third-order valence-electron chi connectivity index (χ3n) is 13.8. The topological polar surface area (TPSA) is 175 Å². The van der Waals surface area contributed by atoms with Crippen LogP contribution < -0.4 is 5.32 Å². The standard InChI is InChI=1S/C68H113NO10/c1-4-7-10-13-16-19-22-24-26-28-30-32-33-35-37-40-43-46-49-52-55-61(72)67(76)69-59(60(71)54-51-48-45-42-39-21-18-15-12-9-6-3)58-77-68-66(65(75)64(74)62(57-70)78-68)79-63(73)56-53-50-47-44-41-38-36-34-31-29-27-25-23-20-17-14-11-8-5-2/h8,11,16-17,19-20,24-27,30-32,34-35,37-38,41,51,54,59-62,64-66,68,70-72,74-75H,4-7,9-10,12-15,18,21-23,28-29,33,36,39-40,42-50,52-53,55-58H2,1-3H3,(H,69,76)/b11-8-,19-16-,20-17-,26-24-,27-25-,32-30-,34-31-,37-35-,41-38-,54-51+. The number of hydrogen-bond donors (Lipinski definition) is 6. The van der Waals surface area contributed by atoms with Crippen LogP contribution in [0.3, 0.4) is 0 Å². The van der Waals surface area contributed by atoms with Crippen molar-refractivity contribution >= 4 is 11.9 Å². The first kappa shape index (κ1) is 73.1. The number of carbonyl (C=O) groups excluding carboxylic acids is 2. The average Bonchev–Trinajstić information content (AvgIpc) is 3.47. The maximum absolute atomic E-state index is 13.4. The van der Waals surface area contributed by atoms with Crippen molar-refractivity contribution in [2.24, 2.45) is 0 Å². The van der Waals surface area contributed by atoms with Gasteiger partial charge in [0.25, 0.3) is 0 Å². The summed E-state index contributed by atoms with van der Waals surface area (Å²) in [6, 6.07) is -1.05. The number of aliphatic hydroxyl groups excluding tert-OH is 5. The molecule has 8 unspecified atom stereocenters. The molecule has 0 saturated carbocycles. The van der Waals surface area contributed by atoms with E-state index in [0.29, 0.717) is 12.8 Å². The molecule has 1 rings (SSSR count). The quantitative estimate of drug-likeness (QED) is 0.0195. The minimum Gasteiger partial charge on any atom is -0.454 e. The van der Waals surface area contributed by atoms with Crippen LogP contribution in [0.5, 0.6) is 0 Å². The van der Waals surface area contributed by atoms with E-state index in [4.69, 9.17) is 14.2 Å². The molecule has 0 spiro atoms. The normalized spacial score (nSPS) is 19.7. The lowest BCUT2D eigenvalue weighted by Gasteiger charge is -2.41. The van der Waals surface area contributed by atoms with E-state index in [1.165, 1.54) is 64.2 Å². The Kier molecular flexibility index (Phi) is 50.5. The molecule has 8 atom stereocenters. The predicted octanol–water partition coefficient (Wildman–Crippen LogP) is 15.1. The molecule has 450 valence electrons. The second kappa shape index (κ2) is 54.6. The minimum atomic E-state index is -1.64. The zero-order valence-electron chi connectivity index (χ0n) is 49.7. The molecule has 0 bridgehead atoms. The van der Waals surface area contributed by atoms with Crippen molar-refractivity contribution in [3.63, 3.8) is 0 Å². The Labute approximate surface area is 480 Å². The Morgan fingerprint density at radius 2 is 0.911 bits per heavy atom. The number of rotatable bonds is 51. The summed E-state index contributed by atoms with van der Waals surface area (Å²) in [6.07, 6.45) is 65.1. The molecular formula is C68H113NO10. The Balaban J connectivity index is 2.71. The Morgan fingerprint density at radius 3 is 1.39 bits per heavy atom. The lowest BCUT2D eigenvalue weighted by Crippen LogP contribution is -2.61. The number of aliphatic hydroxyl groups is 5. The van der Waals surface area contributed by atoms with Crippen LogP contribution in [0.25, 0.3) is 0 Å². The summed E-state index contributed by atoms with van der Waals surface area (Å²) in [7, 11) is 0. The molecule has 1 aliphatic heterocycles. The average molecular weight is 1100 g/mol. The Bertz CT molecular complexity index is 1740. The molecule has 0 aliphatic carbocycles. The summed E-state index contributed by atoms with van der Waals surface area (Å²) >= 11 is 0. The van der Waals surface area contributed by atoms with Gasteiger partial charge in [-0.3, -0.25) is 9.59 Å². The van der Waals surface area contributed by atoms with Crippen LogP contribution in [-0.2, 0) is 23.8 Å². The van der Waals surface area contributed by atoms with Gasteiger partial charge in [-0.1, -0.05) is 232 Å². The first-order valence-electron chi connectivity index (χ1n) is 31.3. The second-order valence-electron chi connectivity index (χ2n) is 21.0. The van der Waals surface area contributed by atoms with Crippen LogP contribution in [0.4, 0.5) is 0 Å². The van der Waals surface area contributed by atoms with Crippen molar-refractivity contribution < 1.29 is 49.3 Å². The molecule has 0 aromatic heterocycles. The van der Waals surface area contributed by atoms with E-state index < -0.39 is 67.4 Å². The molecule has 11 nitrogen and oxygen atoms in total. The fraction of sp³-hybridized carbons (Fsp3) is 0.676. The number of ether oxygens (including phenoxy) is 3. The van der Waals surface area contributed by atoms with Gasteiger partial charge in [-0.2, -0.15) is 0 Å². The highest BCUT2D eigenvalue weighted by atomic mass is 16.7. The van der Waals surface area contributed by atoms with E-state index in [9.17, 15) is 35.1 Å². The Morgan fingerprint density at radius 1 is 0.506 bits per heavy atom. The van der Waals surface area contributed by atoms with Gasteiger partial charge in [0, 0.05) is 6.42 Å². The summed E-state index contributed by atoms with van der Waals surface area (Å²) < 4.78 is 17.6. The third kappa shape index (κ3) is 42.6. The number of esters is 1. The van der Waals surface area contributed by atoms with Crippen molar-refractivity contribution in [3.05, 3.63) is 122 Å². The zero-order chi connectivity index (χ0) is 57.5. The maximum atomic E-state index is 13.4. The number of unbranched alkanes of at least 4 members (excludes halogenated alkanes) is 19. The lowest BCUT2D eigenvalue weighted by atomic mass is 9.99. The molecule has 79 heavy (non-hydrogen) atoms. The molecule has 11 heteroatoms. The van der Waals surface area contributed by atoms with Crippen LogP contribution in [-0.4, -0.2) is 99.6 Å². The molecule has 1 fully saturated rings.